The summed E-state index contributed by atoms with van der Waals surface area (Å²) in [5.74, 6) is -0.0519. The first-order valence-corrected chi connectivity index (χ1v) is 10.5. The van der Waals surface area contributed by atoms with E-state index in [4.69, 9.17) is 14.2 Å². The molecule has 1 aromatic heterocycles. The summed E-state index contributed by atoms with van der Waals surface area (Å²) in [4.78, 5) is 17.7. The van der Waals surface area contributed by atoms with Crippen LogP contribution in [-0.4, -0.2) is 62.0 Å². The summed E-state index contributed by atoms with van der Waals surface area (Å²) in [6, 6.07) is 4.83. The average Bonchev–Trinajstić information content (AvgIpc) is 2.71. The second-order valence-corrected chi connectivity index (χ2v) is 8.75. The number of nitrogens with one attached hydrogen (secondary N) is 1. The Balaban J connectivity index is 2.14. The molecule has 7 nitrogen and oxygen atoms in total. The van der Waals surface area contributed by atoms with Crippen molar-refractivity contribution in [1.29, 1.82) is 0 Å². The van der Waals surface area contributed by atoms with Crippen LogP contribution in [0.2, 0.25) is 0 Å². The lowest BCUT2D eigenvalue weighted by Gasteiger charge is -2.20. The number of alkyl halides is 3. The van der Waals surface area contributed by atoms with Gasteiger partial charge >= 0.3 is 12.3 Å². The first-order chi connectivity index (χ1) is 15.8. The summed E-state index contributed by atoms with van der Waals surface area (Å²) in [6.07, 6.45) is -5.12. The Morgan fingerprint density at radius 1 is 1.15 bits per heavy atom. The smallest absolute Gasteiger partial charge is 0.417 e. The van der Waals surface area contributed by atoms with Crippen LogP contribution < -0.4 is 14.8 Å². The van der Waals surface area contributed by atoms with Gasteiger partial charge in [0.25, 0.3) is 0 Å². The van der Waals surface area contributed by atoms with Crippen LogP contribution in [0, 0.1) is 0 Å². The predicted molar refractivity (Wildman–Crippen MR) is 120 cm³/mol. The molecule has 0 atom stereocenters. The number of carbonyl (C=O) groups excluding carboxylic acids is 1. The fourth-order valence-electron chi connectivity index (χ4n) is 2.71. The van der Waals surface area contributed by atoms with Gasteiger partial charge in [0.1, 0.15) is 24.6 Å². The van der Waals surface area contributed by atoms with Gasteiger partial charge in [-0.3, -0.25) is 0 Å². The summed E-state index contributed by atoms with van der Waals surface area (Å²) >= 11 is 0. The van der Waals surface area contributed by atoms with Crippen LogP contribution in [0.4, 0.5) is 22.4 Å². The maximum atomic E-state index is 13.7. The second-order valence-electron chi connectivity index (χ2n) is 8.75. The van der Waals surface area contributed by atoms with Gasteiger partial charge in [-0.2, -0.15) is 13.2 Å². The number of fused-ring (bicyclic) bond motifs is 1. The highest BCUT2D eigenvalue weighted by atomic mass is 19.4. The van der Waals surface area contributed by atoms with E-state index in [-0.39, 0.29) is 54.2 Å². The number of carbonyl (C=O) groups is 1. The molecule has 2 rings (SSSR count). The first-order valence-electron chi connectivity index (χ1n) is 10.5. The van der Waals surface area contributed by atoms with E-state index in [0.717, 1.165) is 6.07 Å². The molecule has 0 fully saturated rings. The van der Waals surface area contributed by atoms with Gasteiger partial charge in [-0.15, -0.1) is 0 Å². The van der Waals surface area contributed by atoms with Crippen molar-refractivity contribution in [2.75, 3.05) is 40.4 Å². The zero-order valence-electron chi connectivity index (χ0n) is 19.8. The average molecular weight is 487 g/mol. The molecule has 0 saturated carbocycles. The Morgan fingerprint density at radius 2 is 1.85 bits per heavy atom. The van der Waals surface area contributed by atoms with Gasteiger partial charge in [-0.1, -0.05) is 0 Å². The number of likely N-dealkylation sites (N-methyl/N-ethyl adjacent to an activating group) is 1. The number of hydrogen-bond donors (Lipinski definition) is 1. The minimum atomic E-state index is -4.65. The molecule has 188 valence electrons. The third-order valence-electron chi connectivity index (χ3n) is 4.29. The highest BCUT2D eigenvalue weighted by Gasteiger charge is 2.34. The lowest BCUT2D eigenvalue weighted by molar-refractivity contribution is -0.136. The molecule has 0 saturated heterocycles. The summed E-state index contributed by atoms with van der Waals surface area (Å²) in [5.41, 5.74) is -1.50. The van der Waals surface area contributed by atoms with Crippen molar-refractivity contribution >= 4 is 17.0 Å². The van der Waals surface area contributed by atoms with Crippen LogP contribution in [0.5, 0.6) is 11.6 Å². The molecule has 0 unspecified atom stereocenters. The second kappa shape index (κ2) is 11.4. The molecule has 0 bridgehead atoms. The molecular formula is C23H29F4N3O4. The van der Waals surface area contributed by atoms with Gasteiger partial charge < -0.3 is 24.4 Å². The zero-order chi connectivity index (χ0) is 25.5. The Hall–Kier alpha value is -3.08. The quantitative estimate of drug-likeness (QED) is 0.505. The molecule has 0 aliphatic carbocycles. The normalized spacial score (nSPS) is 12.7. The lowest BCUT2D eigenvalue weighted by atomic mass is 10.1. The van der Waals surface area contributed by atoms with Crippen molar-refractivity contribution in [3.63, 3.8) is 0 Å². The van der Waals surface area contributed by atoms with Crippen LogP contribution in [0.3, 0.4) is 0 Å². The number of amides is 1. The first kappa shape index (κ1) is 27.2. The highest BCUT2D eigenvalue weighted by molar-refractivity contribution is 5.85. The van der Waals surface area contributed by atoms with Gasteiger partial charge in [0.05, 0.1) is 17.4 Å². The molecule has 0 aliphatic heterocycles. The van der Waals surface area contributed by atoms with E-state index in [1.165, 1.54) is 18.2 Å². The number of ether oxygens (including phenoxy) is 3. The molecule has 0 radical (unpaired) electrons. The number of benzene rings is 1. The van der Waals surface area contributed by atoms with Gasteiger partial charge in [0.2, 0.25) is 5.88 Å². The van der Waals surface area contributed by atoms with E-state index in [0.29, 0.717) is 6.54 Å². The standard InChI is InChI=1S/C23H29F4N3O4/c1-22(2,3)34-21(31)28-13-15(12-24)14-33-16-6-7-19-17(10-16)18(23(25,26)27)11-20(29-19)32-9-8-30(4)5/h6-7,10-12H,8-9,13-14H2,1-5H3,(H,28,31)/b15-12+. The minimum Gasteiger partial charge on any atom is -0.489 e. The number of halogens is 4. The van der Waals surface area contributed by atoms with Crippen molar-refractivity contribution in [2.24, 2.45) is 0 Å². The molecule has 34 heavy (non-hydrogen) atoms. The third-order valence-corrected chi connectivity index (χ3v) is 4.29. The van der Waals surface area contributed by atoms with E-state index >= 15 is 0 Å². The van der Waals surface area contributed by atoms with Crippen LogP contribution in [0.15, 0.2) is 36.2 Å². The third kappa shape index (κ3) is 8.69. The fraction of sp³-hybridized carbons (Fsp3) is 0.478. The van der Waals surface area contributed by atoms with Crippen LogP contribution in [0.25, 0.3) is 10.9 Å². The van der Waals surface area contributed by atoms with Crippen molar-refractivity contribution in [3.8, 4) is 11.6 Å². The molecule has 11 heteroatoms. The zero-order valence-corrected chi connectivity index (χ0v) is 19.8. The number of pyridine rings is 1. The number of alkyl carbamates (subject to hydrolysis) is 1. The topological polar surface area (TPSA) is 72.9 Å². The summed E-state index contributed by atoms with van der Waals surface area (Å²) < 4.78 is 70.2. The number of hydrogen-bond acceptors (Lipinski definition) is 6. The number of aromatic nitrogens is 1. The maximum absolute atomic E-state index is 13.7. The van der Waals surface area contributed by atoms with Crippen molar-refractivity contribution in [3.05, 3.63) is 41.7 Å². The molecule has 0 spiro atoms. The number of rotatable bonds is 9. The van der Waals surface area contributed by atoms with E-state index in [1.807, 2.05) is 19.0 Å². The Bertz CT molecular complexity index is 1020. The summed E-state index contributed by atoms with van der Waals surface area (Å²) in [6.45, 7) is 5.26. The lowest BCUT2D eigenvalue weighted by Crippen LogP contribution is -2.34. The molecule has 1 aromatic carbocycles. The van der Waals surface area contributed by atoms with Crippen molar-refractivity contribution in [2.45, 2.75) is 32.5 Å². The van der Waals surface area contributed by atoms with Gasteiger partial charge in [-0.05, 0) is 53.1 Å². The van der Waals surface area contributed by atoms with Crippen LogP contribution in [0.1, 0.15) is 26.3 Å². The van der Waals surface area contributed by atoms with Gasteiger partial charge in [0, 0.05) is 30.1 Å². The summed E-state index contributed by atoms with van der Waals surface area (Å²) in [5, 5.41) is 2.21. The molecule has 2 aromatic rings. The van der Waals surface area contributed by atoms with Crippen LogP contribution in [-0.2, 0) is 10.9 Å². The Kier molecular flexibility index (Phi) is 9.08. The van der Waals surface area contributed by atoms with Gasteiger partial charge in [0.15, 0.2) is 0 Å². The molecular weight excluding hydrogens is 458 g/mol. The van der Waals surface area contributed by atoms with Crippen molar-refractivity contribution in [1.82, 2.24) is 15.2 Å². The monoisotopic (exact) mass is 487 g/mol. The van der Waals surface area contributed by atoms with E-state index in [9.17, 15) is 22.4 Å². The Labute approximate surface area is 195 Å². The molecule has 0 aliphatic rings. The maximum Gasteiger partial charge on any atom is 0.417 e. The highest BCUT2D eigenvalue weighted by Crippen LogP contribution is 2.37. The van der Waals surface area contributed by atoms with Crippen LogP contribution >= 0.6 is 0 Å². The molecule has 1 amide bonds. The fourth-order valence-corrected chi connectivity index (χ4v) is 2.71. The van der Waals surface area contributed by atoms with Gasteiger partial charge in [-0.25, -0.2) is 14.2 Å². The SMILES string of the molecule is CN(C)CCOc1cc(C(F)(F)F)c2cc(OC/C(=C/F)CNC(=O)OC(C)(C)C)ccc2n1. The Morgan fingerprint density at radius 3 is 2.44 bits per heavy atom. The minimum absolute atomic E-state index is 0.0600. The number of nitrogens with zero attached hydrogens (tertiary/aromatic N) is 2. The molecule has 1 N–H and O–H groups in total. The van der Waals surface area contributed by atoms with E-state index in [1.54, 1.807) is 20.8 Å². The van der Waals surface area contributed by atoms with Crippen molar-refractivity contribution < 1.29 is 36.6 Å². The van der Waals surface area contributed by atoms with E-state index in [2.05, 4.69) is 10.3 Å². The predicted octanol–water partition coefficient (Wildman–Crippen LogP) is 4.95. The molecule has 1 heterocycles. The van der Waals surface area contributed by atoms with E-state index < -0.39 is 23.4 Å². The summed E-state index contributed by atoms with van der Waals surface area (Å²) in [7, 11) is 3.63. The largest absolute Gasteiger partial charge is 0.489 e.